The lowest BCUT2D eigenvalue weighted by atomic mass is 10.1. The summed E-state index contributed by atoms with van der Waals surface area (Å²) in [5, 5.41) is -0.00747. The number of ether oxygens (including phenoxy) is 7. The second-order valence-corrected chi connectivity index (χ2v) is 8.02. The van der Waals surface area contributed by atoms with Gasteiger partial charge in [0.2, 0.25) is 0 Å². The van der Waals surface area contributed by atoms with E-state index in [-0.39, 0.29) is 11.3 Å². The summed E-state index contributed by atoms with van der Waals surface area (Å²) in [6, 6.07) is 9.22. The van der Waals surface area contributed by atoms with Gasteiger partial charge in [0.05, 0.1) is 6.61 Å². The fourth-order valence-electron chi connectivity index (χ4n) is 3.53. The molecule has 148 valence electrons. The van der Waals surface area contributed by atoms with E-state index in [1.54, 1.807) is 12.1 Å². The Kier molecular flexibility index (Phi) is 4.90. The number of hydrogen-bond donors (Lipinski definition) is 0. The molecule has 7 nitrogen and oxygen atoms in total. The van der Waals surface area contributed by atoms with Crippen LogP contribution in [0.3, 0.4) is 0 Å². The molecule has 3 fully saturated rings. The molecule has 0 radical (unpaired) electrons. The van der Waals surface area contributed by atoms with Crippen LogP contribution in [-0.4, -0.2) is 54.1 Å². The van der Waals surface area contributed by atoms with Crippen molar-refractivity contribution in [1.29, 1.82) is 0 Å². The third-order valence-corrected chi connectivity index (χ3v) is 4.78. The summed E-state index contributed by atoms with van der Waals surface area (Å²) in [6.07, 6.45) is -2.35. The number of rotatable bonds is 3. The van der Waals surface area contributed by atoms with Crippen LogP contribution in [-0.2, 0) is 28.4 Å². The normalized spacial score (nSPS) is 36.4. The zero-order valence-electron chi connectivity index (χ0n) is 15.7. The predicted octanol–water partition coefficient (Wildman–Crippen LogP) is 2.76. The van der Waals surface area contributed by atoms with Crippen molar-refractivity contribution in [2.45, 2.75) is 70.0 Å². The van der Waals surface area contributed by atoms with Gasteiger partial charge >= 0.3 is 5.24 Å². The van der Waals surface area contributed by atoms with Gasteiger partial charge in [0.25, 0.3) is 0 Å². The van der Waals surface area contributed by atoms with Crippen LogP contribution < -0.4 is 4.74 Å². The van der Waals surface area contributed by atoms with Crippen molar-refractivity contribution < 1.29 is 33.2 Å². The molecule has 0 unspecified atom stereocenters. The maximum atomic E-state index is 6.07. The number of thiocarbonyl (C=S) groups is 1. The van der Waals surface area contributed by atoms with Gasteiger partial charge in [0, 0.05) is 12.2 Å². The average molecular weight is 396 g/mol. The van der Waals surface area contributed by atoms with Gasteiger partial charge in [0.1, 0.15) is 18.0 Å². The Morgan fingerprint density at radius 3 is 2.41 bits per heavy atom. The zero-order chi connectivity index (χ0) is 19.2. The number of benzene rings is 1. The molecular formula is C19H24O7S. The maximum Gasteiger partial charge on any atom is 0.358 e. The highest BCUT2D eigenvalue weighted by Crippen LogP contribution is 2.42. The third-order valence-electron chi connectivity index (χ3n) is 4.60. The van der Waals surface area contributed by atoms with E-state index in [1.165, 1.54) is 0 Å². The van der Waals surface area contributed by atoms with Crippen molar-refractivity contribution in [1.82, 2.24) is 0 Å². The van der Waals surface area contributed by atoms with E-state index in [0.29, 0.717) is 12.4 Å². The SMILES string of the molecule is CC1(C)O[C@H]2O[C@H]([C@H]3COC(C)(C)O3)[C@H](OC(=S)Oc3ccccc3)[C@H]2O1. The average Bonchev–Trinajstić information content (AvgIpc) is 3.19. The number of para-hydroxylation sites is 1. The first kappa shape index (κ1) is 19.0. The number of fused-ring (bicyclic) bond motifs is 1. The molecule has 5 atom stereocenters. The predicted molar refractivity (Wildman–Crippen MR) is 98.1 cm³/mol. The smallest absolute Gasteiger partial charge is 0.358 e. The van der Waals surface area contributed by atoms with Crippen molar-refractivity contribution in [3.8, 4) is 5.75 Å². The molecule has 0 spiro atoms. The van der Waals surface area contributed by atoms with E-state index in [0.717, 1.165) is 0 Å². The van der Waals surface area contributed by atoms with E-state index in [4.69, 9.17) is 45.4 Å². The third kappa shape index (κ3) is 4.11. The van der Waals surface area contributed by atoms with Crippen LogP contribution in [0, 0.1) is 0 Å². The van der Waals surface area contributed by atoms with Crippen molar-refractivity contribution in [3.05, 3.63) is 30.3 Å². The molecule has 27 heavy (non-hydrogen) atoms. The van der Waals surface area contributed by atoms with Gasteiger partial charge in [-0.2, -0.15) is 0 Å². The van der Waals surface area contributed by atoms with Crippen molar-refractivity contribution in [3.63, 3.8) is 0 Å². The maximum absolute atomic E-state index is 6.07. The first-order valence-corrected chi connectivity index (χ1v) is 9.40. The molecule has 4 rings (SSSR count). The van der Waals surface area contributed by atoms with E-state index in [2.05, 4.69) is 0 Å². The lowest BCUT2D eigenvalue weighted by molar-refractivity contribution is -0.231. The van der Waals surface area contributed by atoms with Gasteiger partial charge in [-0.25, -0.2) is 0 Å². The minimum absolute atomic E-state index is 0.00747. The van der Waals surface area contributed by atoms with Gasteiger partial charge in [-0.05, 0) is 39.8 Å². The highest BCUT2D eigenvalue weighted by Gasteiger charge is 2.60. The molecule has 0 amide bonds. The monoisotopic (exact) mass is 396 g/mol. The summed E-state index contributed by atoms with van der Waals surface area (Å²) < 4.78 is 41.1. The van der Waals surface area contributed by atoms with Gasteiger partial charge in [-0.15, -0.1) is 0 Å². The van der Waals surface area contributed by atoms with E-state index >= 15 is 0 Å². The summed E-state index contributed by atoms with van der Waals surface area (Å²) in [4.78, 5) is 0. The van der Waals surface area contributed by atoms with E-state index < -0.39 is 36.2 Å². The Labute approximate surface area is 163 Å². The van der Waals surface area contributed by atoms with Crippen LogP contribution in [0.4, 0.5) is 0 Å². The molecule has 0 aliphatic carbocycles. The fourth-order valence-corrected chi connectivity index (χ4v) is 3.74. The quantitative estimate of drug-likeness (QED) is 0.723. The molecule has 1 aromatic rings. The minimum atomic E-state index is -0.768. The largest absolute Gasteiger partial charge is 0.447 e. The Morgan fingerprint density at radius 2 is 1.74 bits per heavy atom. The molecule has 3 saturated heterocycles. The lowest BCUT2D eigenvalue weighted by Crippen LogP contribution is -2.45. The van der Waals surface area contributed by atoms with Gasteiger partial charge in [0.15, 0.2) is 30.1 Å². The van der Waals surface area contributed by atoms with Gasteiger partial charge in [-0.1, -0.05) is 18.2 Å². The van der Waals surface area contributed by atoms with Crippen molar-refractivity contribution in [2.75, 3.05) is 6.61 Å². The Hall–Kier alpha value is -1.29. The highest BCUT2D eigenvalue weighted by atomic mass is 32.1. The van der Waals surface area contributed by atoms with E-state index in [9.17, 15) is 0 Å². The second kappa shape index (κ2) is 6.95. The molecular weight excluding hydrogens is 372 g/mol. The Balaban J connectivity index is 1.49. The van der Waals surface area contributed by atoms with Crippen molar-refractivity contribution in [2.24, 2.45) is 0 Å². The Morgan fingerprint density at radius 1 is 1.00 bits per heavy atom. The standard InChI is InChI=1S/C19H24O7S/c1-18(2)20-10-12(24-18)13-14(15-16(22-13)26-19(3,4)25-15)23-17(27)21-11-8-6-5-7-9-11/h5-9,12-16H,10H2,1-4H3/t12-,13-,14+,15-,16-/m1/s1. The van der Waals surface area contributed by atoms with Crippen LogP contribution >= 0.6 is 12.2 Å². The second-order valence-electron chi connectivity index (χ2n) is 7.68. The number of hydrogen-bond acceptors (Lipinski definition) is 8. The van der Waals surface area contributed by atoms with Crippen LogP contribution in [0.2, 0.25) is 0 Å². The van der Waals surface area contributed by atoms with Crippen LogP contribution in [0.15, 0.2) is 30.3 Å². The topological polar surface area (TPSA) is 64.6 Å². The summed E-state index contributed by atoms with van der Waals surface area (Å²) >= 11 is 5.29. The first-order valence-electron chi connectivity index (χ1n) is 8.99. The van der Waals surface area contributed by atoms with Crippen LogP contribution in [0.5, 0.6) is 5.75 Å². The summed E-state index contributed by atoms with van der Waals surface area (Å²) in [6.45, 7) is 7.76. The zero-order valence-corrected chi connectivity index (χ0v) is 16.6. The molecule has 0 aromatic heterocycles. The minimum Gasteiger partial charge on any atom is -0.447 e. The fraction of sp³-hybridized carbons (Fsp3) is 0.632. The molecule has 8 heteroatoms. The lowest BCUT2D eigenvalue weighted by Gasteiger charge is -2.29. The summed E-state index contributed by atoms with van der Waals surface area (Å²) in [5.41, 5.74) is 0. The Bertz CT molecular complexity index is 693. The molecule has 0 saturated carbocycles. The molecule has 3 aliphatic rings. The molecule has 0 N–H and O–H groups in total. The van der Waals surface area contributed by atoms with Crippen LogP contribution in [0.25, 0.3) is 0 Å². The first-order chi connectivity index (χ1) is 12.7. The molecule has 0 bridgehead atoms. The highest BCUT2D eigenvalue weighted by molar-refractivity contribution is 7.79. The molecule has 1 aromatic carbocycles. The van der Waals surface area contributed by atoms with Gasteiger partial charge < -0.3 is 33.2 Å². The summed E-state index contributed by atoms with van der Waals surface area (Å²) in [7, 11) is 0. The van der Waals surface area contributed by atoms with Crippen molar-refractivity contribution >= 4 is 17.5 Å². The summed E-state index contributed by atoms with van der Waals surface area (Å²) in [5.74, 6) is -0.853. The van der Waals surface area contributed by atoms with Crippen LogP contribution in [0.1, 0.15) is 27.7 Å². The van der Waals surface area contributed by atoms with Gasteiger partial charge in [-0.3, -0.25) is 0 Å². The molecule has 3 aliphatic heterocycles. The van der Waals surface area contributed by atoms with E-state index in [1.807, 2.05) is 45.9 Å². The molecule has 3 heterocycles.